The summed E-state index contributed by atoms with van der Waals surface area (Å²) in [5, 5.41) is 13.3. The van der Waals surface area contributed by atoms with Crippen molar-refractivity contribution in [3.05, 3.63) is 58.6 Å². The van der Waals surface area contributed by atoms with Crippen LogP contribution in [-0.2, 0) is 0 Å². The van der Waals surface area contributed by atoms with Crippen LogP contribution in [0.15, 0.2) is 47.6 Å². The van der Waals surface area contributed by atoms with Crippen LogP contribution in [0, 0.1) is 0 Å². The smallest absolute Gasteiger partial charge is 0.337 e. The number of nitrogens with zero attached hydrogens (tertiary/aromatic N) is 2. The van der Waals surface area contributed by atoms with Gasteiger partial charge in [-0.15, -0.1) is 0 Å². The minimum absolute atomic E-state index is 0.0391. The van der Waals surface area contributed by atoms with Gasteiger partial charge in [0.15, 0.2) is 0 Å². The van der Waals surface area contributed by atoms with Crippen molar-refractivity contribution in [3.8, 4) is 0 Å². The molecule has 114 valence electrons. The molecule has 0 bridgehead atoms. The van der Waals surface area contributed by atoms with Crippen LogP contribution in [0.2, 0.25) is 5.02 Å². The molecule has 0 amide bonds. The van der Waals surface area contributed by atoms with Gasteiger partial charge in [0.1, 0.15) is 0 Å². The molecule has 2 N–H and O–H groups in total. The largest absolute Gasteiger partial charge is 0.478 e. The summed E-state index contributed by atoms with van der Waals surface area (Å²) in [5.74, 6) is -1.07. The zero-order chi connectivity index (χ0) is 16.1. The van der Waals surface area contributed by atoms with Crippen LogP contribution in [0.1, 0.15) is 15.9 Å². The number of carbonyl (C=O) groups is 1. The summed E-state index contributed by atoms with van der Waals surface area (Å²) in [5.41, 5.74) is 5.43. The number of hydrogen-bond donors (Lipinski definition) is 2. The number of carboxylic acids is 1. The fraction of sp³-hybridized carbons (Fsp3) is 0.125. The van der Waals surface area contributed by atoms with Gasteiger partial charge in [0.2, 0.25) is 0 Å². The summed E-state index contributed by atoms with van der Waals surface area (Å²) in [4.78, 5) is 13.0. The summed E-state index contributed by atoms with van der Waals surface area (Å²) >= 11 is 5.81. The molecule has 0 spiro atoms. The van der Waals surface area contributed by atoms with Crippen LogP contribution in [0.5, 0.6) is 0 Å². The molecule has 2 aromatic rings. The van der Waals surface area contributed by atoms with Gasteiger partial charge < -0.3 is 10.0 Å². The lowest BCUT2D eigenvalue weighted by Crippen LogP contribution is -2.08. The van der Waals surface area contributed by atoms with Gasteiger partial charge in [0, 0.05) is 19.8 Å². The van der Waals surface area contributed by atoms with E-state index < -0.39 is 5.97 Å². The van der Waals surface area contributed by atoms with Crippen LogP contribution in [0.3, 0.4) is 0 Å². The highest BCUT2D eigenvalue weighted by atomic mass is 35.5. The highest BCUT2D eigenvalue weighted by Crippen LogP contribution is 2.20. The Kier molecular flexibility index (Phi) is 5.01. The van der Waals surface area contributed by atoms with Gasteiger partial charge in [-0.3, -0.25) is 5.43 Å². The van der Waals surface area contributed by atoms with E-state index in [1.165, 1.54) is 12.1 Å². The molecule has 2 rings (SSSR count). The Labute approximate surface area is 133 Å². The molecule has 0 aliphatic heterocycles. The average molecular weight is 318 g/mol. The van der Waals surface area contributed by atoms with E-state index in [9.17, 15) is 4.79 Å². The molecule has 6 heteroatoms. The third kappa shape index (κ3) is 3.99. The zero-order valence-corrected chi connectivity index (χ0v) is 13.0. The Morgan fingerprint density at radius 2 is 1.91 bits per heavy atom. The Bertz CT molecular complexity index is 697. The minimum Gasteiger partial charge on any atom is -0.478 e. The van der Waals surface area contributed by atoms with Gasteiger partial charge in [0.05, 0.1) is 22.5 Å². The first-order valence-electron chi connectivity index (χ1n) is 6.56. The molecule has 0 aromatic heterocycles. The summed E-state index contributed by atoms with van der Waals surface area (Å²) in [7, 11) is 3.95. The second-order valence-electron chi connectivity index (χ2n) is 4.86. The van der Waals surface area contributed by atoms with Crippen LogP contribution >= 0.6 is 11.6 Å². The second kappa shape index (κ2) is 6.95. The maximum Gasteiger partial charge on any atom is 0.337 e. The number of benzene rings is 2. The van der Waals surface area contributed by atoms with Crippen molar-refractivity contribution in [1.82, 2.24) is 0 Å². The summed E-state index contributed by atoms with van der Waals surface area (Å²) in [6.07, 6.45) is 1.66. The number of aromatic carboxylic acids is 1. The van der Waals surface area contributed by atoms with E-state index in [0.29, 0.717) is 5.69 Å². The first-order valence-corrected chi connectivity index (χ1v) is 6.94. The number of carboxylic acid groups (broad SMARTS) is 1. The fourth-order valence-electron chi connectivity index (χ4n) is 1.80. The van der Waals surface area contributed by atoms with E-state index in [1.54, 1.807) is 12.3 Å². The molecule has 0 unspecified atom stereocenters. The highest BCUT2D eigenvalue weighted by Gasteiger charge is 2.08. The maximum atomic E-state index is 11.0. The maximum absolute atomic E-state index is 11.0. The molecular weight excluding hydrogens is 302 g/mol. The predicted octanol–water partition coefficient (Wildman–Crippen LogP) is 3.55. The van der Waals surface area contributed by atoms with E-state index in [4.69, 9.17) is 16.7 Å². The van der Waals surface area contributed by atoms with Gasteiger partial charge in [-0.05, 0) is 35.9 Å². The van der Waals surface area contributed by atoms with Gasteiger partial charge in [-0.2, -0.15) is 5.10 Å². The van der Waals surface area contributed by atoms with Crippen LogP contribution in [-0.4, -0.2) is 31.4 Å². The molecule has 0 saturated heterocycles. The summed E-state index contributed by atoms with van der Waals surface area (Å²) in [6.45, 7) is 0. The molecule has 0 heterocycles. The van der Waals surface area contributed by atoms with Gasteiger partial charge in [0.25, 0.3) is 0 Å². The first kappa shape index (κ1) is 15.9. The van der Waals surface area contributed by atoms with Crippen LogP contribution < -0.4 is 10.3 Å². The standard InChI is InChI=1S/C16H16ClN3O2/c1-20(2)13-6-3-11(4-7-13)10-18-19-12-5-8-15(17)14(9-12)16(21)22/h3-10,19H,1-2H3,(H,21,22)/b18-10+. The third-order valence-corrected chi connectivity index (χ3v) is 3.34. The highest BCUT2D eigenvalue weighted by molar-refractivity contribution is 6.33. The molecule has 5 nitrogen and oxygen atoms in total. The van der Waals surface area contributed by atoms with E-state index in [1.807, 2.05) is 43.3 Å². The van der Waals surface area contributed by atoms with Gasteiger partial charge in [-0.25, -0.2) is 4.79 Å². The Hall–Kier alpha value is -2.53. The molecular formula is C16H16ClN3O2. The van der Waals surface area contributed by atoms with Crippen LogP contribution in [0.4, 0.5) is 11.4 Å². The predicted molar refractivity (Wildman–Crippen MR) is 90.4 cm³/mol. The SMILES string of the molecule is CN(C)c1ccc(/C=N/Nc2ccc(Cl)c(C(=O)O)c2)cc1. The lowest BCUT2D eigenvalue weighted by atomic mass is 10.2. The Morgan fingerprint density at radius 3 is 2.50 bits per heavy atom. The normalized spacial score (nSPS) is 10.7. The number of hydrogen-bond acceptors (Lipinski definition) is 4. The van der Waals surface area contributed by atoms with Crippen molar-refractivity contribution < 1.29 is 9.90 Å². The summed E-state index contributed by atoms with van der Waals surface area (Å²) in [6, 6.07) is 12.5. The molecule has 0 radical (unpaired) electrons. The number of nitrogens with one attached hydrogen (secondary N) is 1. The first-order chi connectivity index (χ1) is 10.5. The van der Waals surface area contributed by atoms with Crippen molar-refractivity contribution in [1.29, 1.82) is 0 Å². The Morgan fingerprint density at radius 1 is 1.23 bits per heavy atom. The second-order valence-corrected chi connectivity index (χ2v) is 5.26. The summed E-state index contributed by atoms with van der Waals surface area (Å²) < 4.78 is 0. The van der Waals surface area contributed by atoms with Crippen molar-refractivity contribution in [3.63, 3.8) is 0 Å². The van der Waals surface area contributed by atoms with Crippen molar-refractivity contribution in [2.75, 3.05) is 24.4 Å². The molecule has 0 saturated carbocycles. The van der Waals surface area contributed by atoms with Crippen molar-refractivity contribution in [2.24, 2.45) is 5.10 Å². The number of hydrazone groups is 1. The lowest BCUT2D eigenvalue weighted by Gasteiger charge is -2.11. The monoisotopic (exact) mass is 317 g/mol. The van der Waals surface area contributed by atoms with Crippen LogP contribution in [0.25, 0.3) is 0 Å². The fourth-order valence-corrected chi connectivity index (χ4v) is 2.00. The topological polar surface area (TPSA) is 64.9 Å². The quantitative estimate of drug-likeness (QED) is 0.654. The minimum atomic E-state index is -1.07. The van der Waals surface area contributed by atoms with Gasteiger partial charge >= 0.3 is 5.97 Å². The van der Waals surface area contributed by atoms with Gasteiger partial charge in [-0.1, -0.05) is 23.7 Å². The molecule has 0 aliphatic carbocycles. The lowest BCUT2D eigenvalue weighted by molar-refractivity contribution is 0.0697. The third-order valence-electron chi connectivity index (χ3n) is 3.01. The number of rotatable bonds is 5. The van der Waals surface area contributed by atoms with Crippen molar-refractivity contribution in [2.45, 2.75) is 0 Å². The number of halogens is 1. The molecule has 2 aromatic carbocycles. The number of anilines is 2. The zero-order valence-electron chi connectivity index (χ0n) is 12.2. The van der Waals surface area contributed by atoms with E-state index >= 15 is 0 Å². The average Bonchev–Trinajstić information content (AvgIpc) is 2.49. The van der Waals surface area contributed by atoms with E-state index in [0.717, 1.165) is 11.3 Å². The molecule has 0 atom stereocenters. The molecule has 22 heavy (non-hydrogen) atoms. The van der Waals surface area contributed by atoms with E-state index in [2.05, 4.69) is 10.5 Å². The van der Waals surface area contributed by atoms with E-state index in [-0.39, 0.29) is 10.6 Å². The molecule has 0 fully saturated rings. The van der Waals surface area contributed by atoms with Crippen molar-refractivity contribution >= 4 is 35.2 Å². The Balaban J connectivity index is 2.06. The molecule has 0 aliphatic rings.